The molecule has 0 spiro atoms. The maximum Gasteiger partial charge on any atom is 0.261 e. The Hall–Kier alpha value is -2.04. The third-order valence-electron chi connectivity index (χ3n) is 5.08. The summed E-state index contributed by atoms with van der Waals surface area (Å²) in [5.74, 6) is 0.415. The van der Waals surface area contributed by atoms with E-state index in [-0.39, 0.29) is 5.91 Å². The first-order chi connectivity index (χ1) is 13.7. The Bertz CT molecular complexity index is 775. The second kappa shape index (κ2) is 10.5. The predicted octanol–water partition coefficient (Wildman–Crippen LogP) is 4.80. The van der Waals surface area contributed by atoms with E-state index in [0.29, 0.717) is 23.7 Å². The molecule has 0 unspecified atom stereocenters. The van der Waals surface area contributed by atoms with E-state index in [2.05, 4.69) is 34.5 Å². The number of hydrogen-bond acceptors (Lipinski definition) is 3. The van der Waals surface area contributed by atoms with Crippen LogP contribution in [0.4, 0.5) is 0 Å². The molecular formula is C23H29ClN2O2. The number of likely N-dealkylation sites (tertiary alicyclic amines) is 1. The molecule has 1 amide bonds. The number of hydrogen-bond donors (Lipinski definition) is 1. The lowest BCUT2D eigenvalue weighted by atomic mass is 10.1. The topological polar surface area (TPSA) is 41.6 Å². The van der Waals surface area contributed by atoms with Gasteiger partial charge in [-0.1, -0.05) is 61.3 Å². The van der Waals surface area contributed by atoms with Crippen LogP contribution < -0.4 is 10.1 Å². The van der Waals surface area contributed by atoms with Crippen molar-refractivity contribution in [1.82, 2.24) is 10.2 Å². The number of ether oxygens (including phenoxy) is 1. The second-order valence-corrected chi connectivity index (χ2v) is 7.73. The van der Waals surface area contributed by atoms with E-state index < -0.39 is 6.10 Å². The highest BCUT2D eigenvalue weighted by Gasteiger charge is 2.19. The maximum atomic E-state index is 12.6. The first-order valence-corrected chi connectivity index (χ1v) is 10.5. The van der Waals surface area contributed by atoms with Gasteiger partial charge in [-0.2, -0.15) is 0 Å². The van der Waals surface area contributed by atoms with Crippen molar-refractivity contribution in [2.45, 2.75) is 51.8 Å². The van der Waals surface area contributed by atoms with Gasteiger partial charge in [-0.25, -0.2) is 0 Å². The van der Waals surface area contributed by atoms with Gasteiger partial charge in [0.05, 0.1) is 5.02 Å². The van der Waals surface area contributed by atoms with Crippen LogP contribution in [-0.4, -0.2) is 30.0 Å². The molecule has 1 atom stereocenters. The standard InChI is InChI=1S/C23H29ClN2O2/c1-2-21(28-22-12-5-4-11-20(22)24)23(27)25-16-18-9-8-10-19(15-18)17-26-13-6-3-7-14-26/h4-5,8-12,15,21H,2-3,6-7,13-14,16-17H2,1H3,(H,25,27)/t21-/m0/s1. The summed E-state index contributed by atoms with van der Waals surface area (Å²) in [5.41, 5.74) is 2.41. The fourth-order valence-corrected chi connectivity index (χ4v) is 3.71. The van der Waals surface area contributed by atoms with Crippen molar-refractivity contribution in [1.29, 1.82) is 0 Å². The Morgan fingerprint density at radius 3 is 2.61 bits per heavy atom. The van der Waals surface area contributed by atoms with Gasteiger partial charge in [-0.3, -0.25) is 9.69 Å². The molecule has 3 rings (SSSR count). The van der Waals surface area contributed by atoms with E-state index in [0.717, 1.165) is 12.1 Å². The average Bonchev–Trinajstić information content (AvgIpc) is 2.72. The van der Waals surface area contributed by atoms with Crippen LogP contribution in [0.3, 0.4) is 0 Å². The minimum atomic E-state index is -0.559. The largest absolute Gasteiger partial charge is 0.479 e. The second-order valence-electron chi connectivity index (χ2n) is 7.32. The highest BCUT2D eigenvalue weighted by atomic mass is 35.5. The highest BCUT2D eigenvalue weighted by molar-refractivity contribution is 6.32. The van der Waals surface area contributed by atoms with E-state index in [1.165, 1.54) is 37.9 Å². The van der Waals surface area contributed by atoms with Crippen LogP contribution in [0.1, 0.15) is 43.7 Å². The smallest absolute Gasteiger partial charge is 0.261 e. The molecule has 1 aliphatic rings. The molecule has 1 N–H and O–H groups in total. The number of carbonyl (C=O) groups is 1. The molecule has 150 valence electrons. The van der Waals surface area contributed by atoms with Crippen LogP contribution in [0.5, 0.6) is 5.75 Å². The number of nitrogens with one attached hydrogen (secondary N) is 1. The molecule has 0 aromatic heterocycles. The molecule has 1 heterocycles. The van der Waals surface area contributed by atoms with Gasteiger partial charge in [-0.15, -0.1) is 0 Å². The summed E-state index contributed by atoms with van der Waals surface area (Å²) < 4.78 is 5.82. The van der Waals surface area contributed by atoms with Gasteiger partial charge in [0.15, 0.2) is 6.10 Å². The van der Waals surface area contributed by atoms with Crippen LogP contribution in [0.25, 0.3) is 0 Å². The molecule has 0 saturated carbocycles. The normalized spacial score (nSPS) is 15.8. The van der Waals surface area contributed by atoms with Crippen LogP contribution in [0.2, 0.25) is 5.02 Å². The van der Waals surface area contributed by atoms with Crippen molar-refractivity contribution in [3.8, 4) is 5.75 Å². The minimum absolute atomic E-state index is 0.121. The van der Waals surface area contributed by atoms with E-state index in [4.69, 9.17) is 16.3 Å². The highest BCUT2D eigenvalue weighted by Crippen LogP contribution is 2.25. The molecule has 0 radical (unpaired) electrons. The van der Waals surface area contributed by atoms with E-state index in [9.17, 15) is 4.79 Å². The zero-order chi connectivity index (χ0) is 19.8. The third kappa shape index (κ3) is 5.98. The first-order valence-electron chi connectivity index (χ1n) is 10.1. The van der Waals surface area contributed by atoms with Gasteiger partial charge >= 0.3 is 0 Å². The summed E-state index contributed by atoms with van der Waals surface area (Å²) in [6, 6.07) is 15.7. The van der Waals surface area contributed by atoms with Gasteiger partial charge < -0.3 is 10.1 Å². The van der Waals surface area contributed by atoms with Gasteiger partial charge in [-0.05, 0) is 55.6 Å². The monoisotopic (exact) mass is 400 g/mol. The number of rotatable bonds is 8. The number of piperidine rings is 1. The molecule has 5 heteroatoms. The quantitative estimate of drug-likeness (QED) is 0.692. The number of amides is 1. The Balaban J connectivity index is 1.54. The van der Waals surface area contributed by atoms with Crippen molar-refractivity contribution in [2.24, 2.45) is 0 Å². The summed E-state index contributed by atoms with van der Waals surface area (Å²) in [4.78, 5) is 15.1. The molecule has 1 aliphatic heterocycles. The predicted molar refractivity (Wildman–Crippen MR) is 114 cm³/mol. The molecule has 2 aromatic rings. The molecule has 0 bridgehead atoms. The Kier molecular flexibility index (Phi) is 7.75. The fraction of sp³-hybridized carbons (Fsp3) is 0.435. The molecule has 4 nitrogen and oxygen atoms in total. The van der Waals surface area contributed by atoms with E-state index in [1.54, 1.807) is 12.1 Å². The summed E-state index contributed by atoms with van der Waals surface area (Å²) in [6.45, 7) is 5.77. The van der Waals surface area contributed by atoms with Gasteiger partial charge in [0.1, 0.15) is 5.75 Å². The lowest BCUT2D eigenvalue weighted by molar-refractivity contribution is -0.128. The molecular weight excluding hydrogens is 372 g/mol. The number of nitrogens with zero attached hydrogens (tertiary/aromatic N) is 1. The molecule has 1 fully saturated rings. The molecule has 0 aliphatic carbocycles. The van der Waals surface area contributed by atoms with Crippen molar-refractivity contribution in [3.63, 3.8) is 0 Å². The zero-order valence-electron chi connectivity index (χ0n) is 16.5. The number of carbonyl (C=O) groups excluding carboxylic acids is 1. The number of benzene rings is 2. The van der Waals surface area contributed by atoms with E-state index >= 15 is 0 Å². The Morgan fingerprint density at radius 2 is 1.86 bits per heavy atom. The number of halogens is 1. The Labute approximate surface area is 172 Å². The fourth-order valence-electron chi connectivity index (χ4n) is 3.53. The lowest BCUT2D eigenvalue weighted by Crippen LogP contribution is -2.37. The third-order valence-corrected chi connectivity index (χ3v) is 5.39. The summed E-state index contributed by atoms with van der Waals surface area (Å²) >= 11 is 6.14. The van der Waals surface area contributed by atoms with Crippen LogP contribution in [-0.2, 0) is 17.9 Å². The zero-order valence-corrected chi connectivity index (χ0v) is 17.3. The van der Waals surface area contributed by atoms with Crippen molar-refractivity contribution in [2.75, 3.05) is 13.1 Å². The van der Waals surface area contributed by atoms with Crippen molar-refractivity contribution in [3.05, 3.63) is 64.7 Å². The van der Waals surface area contributed by atoms with Gasteiger partial charge in [0, 0.05) is 13.1 Å². The van der Waals surface area contributed by atoms with Crippen LogP contribution in [0, 0.1) is 0 Å². The first kappa shape index (κ1) is 20.7. The van der Waals surface area contributed by atoms with Crippen molar-refractivity contribution < 1.29 is 9.53 Å². The van der Waals surface area contributed by atoms with Crippen LogP contribution in [0.15, 0.2) is 48.5 Å². The average molecular weight is 401 g/mol. The minimum Gasteiger partial charge on any atom is -0.479 e. The van der Waals surface area contributed by atoms with Gasteiger partial charge in [0.2, 0.25) is 0 Å². The summed E-state index contributed by atoms with van der Waals surface area (Å²) in [7, 11) is 0. The molecule has 28 heavy (non-hydrogen) atoms. The maximum absolute atomic E-state index is 12.6. The van der Waals surface area contributed by atoms with Crippen LogP contribution >= 0.6 is 11.6 Å². The summed E-state index contributed by atoms with van der Waals surface area (Å²) in [5, 5.41) is 3.51. The molecule has 1 saturated heterocycles. The molecule has 2 aromatic carbocycles. The summed E-state index contributed by atoms with van der Waals surface area (Å²) in [6.07, 6.45) is 3.94. The number of para-hydroxylation sites is 1. The Morgan fingerprint density at radius 1 is 1.11 bits per heavy atom. The van der Waals surface area contributed by atoms with E-state index in [1.807, 2.05) is 19.1 Å². The van der Waals surface area contributed by atoms with Gasteiger partial charge in [0.25, 0.3) is 5.91 Å². The SMILES string of the molecule is CC[C@H](Oc1ccccc1Cl)C(=O)NCc1cccc(CN2CCCCC2)c1. The lowest BCUT2D eigenvalue weighted by Gasteiger charge is -2.26. The van der Waals surface area contributed by atoms with Crippen molar-refractivity contribution >= 4 is 17.5 Å².